The Morgan fingerprint density at radius 2 is 1.70 bits per heavy atom. The molecule has 2 aromatic rings. The number of carbonyl (C=O) groups excluding carboxylic acids is 3. The van der Waals surface area contributed by atoms with Crippen LogP contribution in [0, 0.1) is 12.8 Å². The number of ether oxygens (including phenoxy) is 1. The molecule has 1 heterocycles. The molecule has 2 amide bonds. The third kappa shape index (κ3) is 5.92. The molecule has 0 saturated heterocycles. The summed E-state index contributed by atoms with van der Waals surface area (Å²) >= 11 is 1.29. The molecule has 0 saturated carbocycles. The van der Waals surface area contributed by atoms with E-state index in [1.807, 2.05) is 19.1 Å². The second-order valence-corrected chi connectivity index (χ2v) is 7.55. The Balaban J connectivity index is 1.95. The van der Waals surface area contributed by atoms with Gasteiger partial charge < -0.3 is 15.4 Å². The van der Waals surface area contributed by atoms with E-state index in [0.717, 1.165) is 5.56 Å². The van der Waals surface area contributed by atoms with E-state index in [4.69, 9.17) is 4.74 Å². The van der Waals surface area contributed by atoms with Crippen LogP contribution in [0.4, 0.5) is 5.69 Å². The first kappa shape index (κ1) is 20.6. The summed E-state index contributed by atoms with van der Waals surface area (Å²) in [5.74, 6) is -1.59. The zero-order valence-corrected chi connectivity index (χ0v) is 16.6. The van der Waals surface area contributed by atoms with Crippen LogP contribution in [-0.4, -0.2) is 29.9 Å². The number of aryl methyl sites for hydroxylation is 1. The summed E-state index contributed by atoms with van der Waals surface area (Å²) in [6, 6.07) is 9.91. The average molecular weight is 388 g/mol. The van der Waals surface area contributed by atoms with E-state index in [1.54, 1.807) is 43.5 Å². The molecule has 0 unspecified atom stereocenters. The van der Waals surface area contributed by atoms with E-state index in [9.17, 15) is 14.4 Å². The third-order valence-electron chi connectivity index (χ3n) is 3.93. The normalized spacial score (nSPS) is 12.9. The molecule has 1 aromatic heterocycles. The van der Waals surface area contributed by atoms with Crippen molar-refractivity contribution in [3.8, 4) is 0 Å². The largest absolute Gasteiger partial charge is 0.451 e. The molecule has 0 aliphatic carbocycles. The van der Waals surface area contributed by atoms with E-state index in [1.165, 1.54) is 18.3 Å². The Morgan fingerprint density at radius 1 is 1.04 bits per heavy atom. The maximum Gasteiger partial charge on any atom is 0.329 e. The number of esters is 1. The number of thiophene rings is 1. The molecule has 2 atom stereocenters. The maximum absolute atomic E-state index is 12.5. The van der Waals surface area contributed by atoms with Gasteiger partial charge in [0.15, 0.2) is 6.10 Å². The molecule has 0 fully saturated rings. The van der Waals surface area contributed by atoms with E-state index in [2.05, 4.69) is 10.6 Å². The number of anilines is 1. The Hall–Kier alpha value is -2.67. The quantitative estimate of drug-likeness (QED) is 0.712. The second-order valence-electron chi connectivity index (χ2n) is 6.61. The van der Waals surface area contributed by atoms with Gasteiger partial charge in [-0.15, -0.1) is 11.3 Å². The van der Waals surface area contributed by atoms with Crippen molar-refractivity contribution in [1.82, 2.24) is 5.32 Å². The zero-order chi connectivity index (χ0) is 20.0. The first-order chi connectivity index (χ1) is 12.8. The van der Waals surface area contributed by atoms with Crippen LogP contribution in [0.25, 0.3) is 0 Å². The van der Waals surface area contributed by atoms with Crippen molar-refractivity contribution in [2.75, 3.05) is 5.32 Å². The fraction of sp³-hybridized carbons (Fsp3) is 0.350. The lowest BCUT2D eigenvalue weighted by Gasteiger charge is -2.22. The number of nitrogens with one attached hydrogen (secondary N) is 2. The molecule has 7 heteroatoms. The van der Waals surface area contributed by atoms with Crippen LogP contribution < -0.4 is 10.6 Å². The maximum atomic E-state index is 12.5. The monoisotopic (exact) mass is 388 g/mol. The highest BCUT2D eigenvalue weighted by atomic mass is 32.1. The van der Waals surface area contributed by atoms with Gasteiger partial charge in [-0.25, -0.2) is 4.79 Å². The summed E-state index contributed by atoms with van der Waals surface area (Å²) < 4.78 is 5.29. The van der Waals surface area contributed by atoms with Crippen molar-refractivity contribution in [1.29, 1.82) is 0 Å². The number of carbonyl (C=O) groups is 3. The summed E-state index contributed by atoms with van der Waals surface area (Å²) in [5.41, 5.74) is 1.70. The van der Waals surface area contributed by atoms with Gasteiger partial charge in [0.1, 0.15) is 6.04 Å². The fourth-order valence-electron chi connectivity index (χ4n) is 2.30. The van der Waals surface area contributed by atoms with Crippen molar-refractivity contribution in [2.24, 2.45) is 5.92 Å². The third-order valence-corrected chi connectivity index (χ3v) is 4.80. The number of hydrogen-bond acceptors (Lipinski definition) is 5. The van der Waals surface area contributed by atoms with Crippen LogP contribution in [0.15, 0.2) is 41.8 Å². The zero-order valence-electron chi connectivity index (χ0n) is 15.8. The van der Waals surface area contributed by atoms with Gasteiger partial charge in [0.25, 0.3) is 11.8 Å². The molecule has 0 spiro atoms. The van der Waals surface area contributed by atoms with Crippen LogP contribution in [0.5, 0.6) is 0 Å². The fourth-order valence-corrected chi connectivity index (χ4v) is 2.93. The molecule has 6 nitrogen and oxygen atoms in total. The van der Waals surface area contributed by atoms with Crippen molar-refractivity contribution < 1.29 is 19.1 Å². The lowest BCUT2D eigenvalue weighted by Crippen LogP contribution is -2.47. The highest BCUT2D eigenvalue weighted by Gasteiger charge is 2.29. The Bertz CT molecular complexity index is 785. The molecule has 1 aromatic carbocycles. The van der Waals surface area contributed by atoms with Gasteiger partial charge in [-0.3, -0.25) is 9.59 Å². The van der Waals surface area contributed by atoms with E-state index in [-0.39, 0.29) is 11.8 Å². The van der Waals surface area contributed by atoms with Gasteiger partial charge >= 0.3 is 5.97 Å². The van der Waals surface area contributed by atoms with Crippen molar-refractivity contribution >= 4 is 34.8 Å². The van der Waals surface area contributed by atoms with Gasteiger partial charge in [0, 0.05) is 5.69 Å². The van der Waals surface area contributed by atoms with Crippen molar-refractivity contribution in [3.63, 3.8) is 0 Å². The molecule has 0 aliphatic rings. The summed E-state index contributed by atoms with van der Waals surface area (Å²) in [7, 11) is 0. The number of benzene rings is 1. The lowest BCUT2D eigenvalue weighted by molar-refractivity contribution is -0.156. The topological polar surface area (TPSA) is 84.5 Å². The number of hydrogen-bond donors (Lipinski definition) is 2. The molecule has 2 N–H and O–H groups in total. The van der Waals surface area contributed by atoms with Gasteiger partial charge in [0.05, 0.1) is 4.88 Å². The minimum Gasteiger partial charge on any atom is -0.451 e. The molecule has 2 rings (SSSR count). The molecular formula is C20H24N2O4S. The number of rotatable bonds is 7. The SMILES string of the molecule is Cc1ccc(NC(=O)[C@@H](C)OC(=O)[C@@H](NC(=O)c2cccs2)C(C)C)cc1. The van der Waals surface area contributed by atoms with Gasteiger partial charge in [0.2, 0.25) is 0 Å². The summed E-state index contributed by atoms with van der Waals surface area (Å²) in [5, 5.41) is 7.17. The van der Waals surface area contributed by atoms with Crippen LogP contribution in [0.2, 0.25) is 0 Å². The van der Waals surface area contributed by atoms with E-state index < -0.39 is 24.0 Å². The smallest absolute Gasteiger partial charge is 0.329 e. The molecule has 0 radical (unpaired) electrons. The van der Waals surface area contributed by atoms with Gasteiger partial charge in [-0.1, -0.05) is 37.6 Å². The highest BCUT2D eigenvalue weighted by Crippen LogP contribution is 2.13. The first-order valence-electron chi connectivity index (χ1n) is 8.70. The minimum atomic E-state index is -0.987. The molecule has 0 bridgehead atoms. The first-order valence-corrected chi connectivity index (χ1v) is 9.58. The van der Waals surface area contributed by atoms with Crippen LogP contribution in [0.1, 0.15) is 36.0 Å². The average Bonchev–Trinajstić information content (AvgIpc) is 3.15. The van der Waals surface area contributed by atoms with Gasteiger partial charge in [-0.2, -0.15) is 0 Å². The summed E-state index contributed by atoms with van der Waals surface area (Å²) in [4.78, 5) is 37.5. The van der Waals surface area contributed by atoms with E-state index in [0.29, 0.717) is 10.6 Å². The Labute approximate surface area is 162 Å². The van der Waals surface area contributed by atoms with Crippen molar-refractivity contribution in [2.45, 2.75) is 39.8 Å². The minimum absolute atomic E-state index is 0.186. The predicted octanol–water partition coefficient (Wildman–Crippen LogP) is 3.38. The molecule has 0 aliphatic heterocycles. The summed E-state index contributed by atoms with van der Waals surface area (Å²) in [6.07, 6.45) is -0.987. The van der Waals surface area contributed by atoms with Crippen LogP contribution in [0.3, 0.4) is 0 Å². The Kier molecular flexibility index (Phi) is 7.12. The standard InChI is InChI=1S/C20H24N2O4S/c1-12(2)17(22-19(24)16-6-5-11-27-16)20(25)26-14(4)18(23)21-15-9-7-13(3)8-10-15/h5-12,14,17H,1-4H3,(H,21,23)(H,22,24)/t14-,17+/m1/s1. The molecular weight excluding hydrogens is 364 g/mol. The highest BCUT2D eigenvalue weighted by molar-refractivity contribution is 7.12. The molecule has 144 valence electrons. The lowest BCUT2D eigenvalue weighted by atomic mass is 10.0. The predicted molar refractivity (Wildman–Crippen MR) is 106 cm³/mol. The van der Waals surface area contributed by atoms with Gasteiger partial charge in [-0.05, 0) is 43.3 Å². The Morgan fingerprint density at radius 3 is 2.26 bits per heavy atom. The van der Waals surface area contributed by atoms with Crippen molar-refractivity contribution in [3.05, 3.63) is 52.2 Å². The summed E-state index contributed by atoms with van der Waals surface area (Å²) in [6.45, 7) is 7.06. The second kappa shape index (κ2) is 9.32. The van der Waals surface area contributed by atoms with E-state index >= 15 is 0 Å². The number of amides is 2. The van der Waals surface area contributed by atoms with Crippen LogP contribution in [-0.2, 0) is 14.3 Å². The van der Waals surface area contributed by atoms with Crippen LogP contribution >= 0.6 is 11.3 Å². The molecule has 27 heavy (non-hydrogen) atoms.